The third-order valence-corrected chi connectivity index (χ3v) is 4.50. The summed E-state index contributed by atoms with van der Waals surface area (Å²) in [4.78, 5) is 17.5. The van der Waals surface area contributed by atoms with E-state index in [1.165, 1.54) is 0 Å². The van der Waals surface area contributed by atoms with Crippen LogP contribution in [0.15, 0.2) is 47.4 Å². The predicted octanol–water partition coefficient (Wildman–Crippen LogP) is 4.91. The number of aromatic nitrogens is 2. The van der Waals surface area contributed by atoms with Gasteiger partial charge in [0.15, 0.2) is 0 Å². The molecule has 0 spiro atoms. The zero-order valence-electron chi connectivity index (χ0n) is 14.8. The molecule has 0 aliphatic heterocycles. The van der Waals surface area contributed by atoms with Crippen LogP contribution in [0, 0.1) is 0 Å². The second-order valence-corrected chi connectivity index (χ2v) is 6.64. The first-order chi connectivity index (χ1) is 11.7. The fourth-order valence-corrected chi connectivity index (χ4v) is 3.00. The number of allylic oxidation sites excluding steroid dienone is 3. The van der Waals surface area contributed by atoms with Gasteiger partial charge >= 0.3 is 0 Å². The molecular formula is C20H26N2OS. The Morgan fingerprint density at radius 1 is 1.38 bits per heavy atom. The van der Waals surface area contributed by atoms with Crippen LogP contribution in [0.3, 0.4) is 0 Å². The van der Waals surface area contributed by atoms with Crippen molar-refractivity contribution in [2.45, 2.75) is 39.5 Å². The van der Waals surface area contributed by atoms with Crippen LogP contribution in [0.4, 0.5) is 0 Å². The minimum absolute atomic E-state index is 0.0704. The molecule has 0 N–H and O–H groups in total. The van der Waals surface area contributed by atoms with Crippen LogP contribution >= 0.6 is 11.8 Å². The molecular weight excluding hydrogens is 316 g/mol. The fraction of sp³-hybridized carbons (Fsp3) is 0.400. The molecule has 2 rings (SSSR count). The maximum Gasteiger partial charge on any atom is 0.259 e. The molecule has 128 valence electrons. The van der Waals surface area contributed by atoms with Gasteiger partial charge in [-0.2, -0.15) is 11.8 Å². The monoisotopic (exact) mass is 342 g/mol. The standard InChI is InChI=1S/C20H26N2OS/c1-4-6-10-17-15-16-11-9-13-21-19(16)22(20(17)23)18(5-2)12-7-8-14-24-3/h7-9,11-13,15H,4-6,10,14H2,1-3H3/b8-7-,18-12+. The van der Waals surface area contributed by atoms with Gasteiger partial charge in [0.2, 0.25) is 0 Å². The molecule has 2 aromatic heterocycles. The van der Waals surface area contributed by atoms with Gasteiger partial charge in [0.25, 0.3) is 5.56 Å². The number of hydrogen-bond acceptors (Lipinski definition) is 3. The van der Waals surface area contributed by atoms with Crippen LogP contribution < -0.4 is 5.56 Å². The van der Waals surface area contributed by atoms with E-state index in [2.05, 4.69) is 31.2 Å². The lowest BCUT2D eigenvalue weighted by molar-refractivity contribution is 0.781. The van der Waals surface area contributed by atoms with Crippen molar-refractivity contribution in [1.82, 2.24) is 9.55 Å². The molecule has 0 aliphatic rings. The highest BCUT2D eigenvalue weighted by atomic mass is 32.2. The van der Waals surface area contributed by atoms with Gasteiger partial charge in [0.1, 0.15) is 5.65 Å². The molecule has 0 saturated carbocycles. The van der Waals surface area contributed by atoms with Crippen molar-refractivity contribution < 1.29 is 0 Å². The van der Waals surface area contributed by atoms with Crippen LogP contribution in [-0.2, 0) is 6.42 Å². The molecule has 2 aromatic rings. The summed E-state index contributed by atoms with van der Waals surface area (Å²) in [6, 6.07) is 5.96. The van der Waals surface area contributed by atoms with Crippen LogP contribution in [0.1, 0.15) is 38.7 Å². The van der Waals surface area contributed by atoms with Crippen LogP contribution in [0.25, 0.3) is 16.7 Å². The van der Waals surface area contributed by atoms with E-state index < -0.39 is 0 Å². The number of aryl methyl sites for hydroxylation is 1. The predicted molar refractivity (Wildman–Crippen MR) is 107 cm³/mol. The Balaban J connectivity index is 2.60. The van der Waals surface area contributed by atoms with E-state index in [9.17, 15) is 4.79 Å². The summed E-state index contributed by atoms with van der Waals surface area (Å²) in [6.45, 7) is 4.23. The number of nitrogens with zero attached hydrogens (tertiary/aromatic N) is 2. The van der Waals surface area contributed by atoms with Gasteiger partial charge in [-0.05, 0) is 49.8 Å². The van der Waals surface area contributed by atoms with Crippen molar-refractivity contribution >= 4 is 28.5 Å². The highest BCUT2D eigenvalue weighted by Gasteiger charge is 2.12. The van der Waals surface area contributed by atoms with E-state index in [0.717, 1.165) is 53.7 Å². The van der Waals surface area contributed by atoms with Gasteiger partial charge in [-0.1, -0.05) is 32.4 Å². The van der Waals surface area contributed by atoms with Crippen molar-refractivity contribution in [2.24, 2.45) is 0 Å². The van der Waals surface area contributed by atoms with Crippen molar-refractivity contribution in [1.29, 1.82) is 0 Å². The minimum atomic E-state index is 0.0704. The molecule has 0 fully saturated rings. The summed E-state index contributed by atoms with van der Waals surface area (Å²) in [5.74, 6) is 0.970. The topological polar surface area (TPSA) is 34.9 Å². The van der Waals surface area contributed by atoms with Crippen LogP contribution in [-0.4, -0.2) is 21.6 Å². The molecule has 0 aliphatic carbocycles. The lowest BCUT2D eigenvalue weighted by atomic mass is 10.1. The first-order valence-corrected chi connectivity index (χ1v) is 9.97. The number of fused-ring (bicyclic) bond motifs is 1. The fourth-order valence-electron chi connectivity index (χ4n) is 2.69. The van der Waals surface area contributed by atoms with Gasteiger partial charge in [0.05, 0.1) is 0 Å². The van der Waals surface area contributed by atoms with E-state index >= 15 is 0 Å². The Hall–Kier alpha value is -1.81. The van der Waals surface area contributed by atoms with Gasteiger partial charge < -0.3 is 0 Å². The van der Waals surface area contributed by atoms with E-state index in [4.69, 9.17) is 0 Å². The molecule has 2 heterocycles. The molecule has 0 aromatic carbocycles. The third kappa shape index (κ3) is 4.38. The van der Waals surface area contributed by atoms with Gasteiger partial charge in [-0.15, -0.1) is 0 Å². The molecule has 0 unspecified atom stereocenters. The largest absolute Gasteiger partial charge is 0.269 e. The maximum atomic E-state index is 13.0. The van der Waals surface area contributed by atoms with E-state index in [0.29, 0.717) is 0 Å². The summed E-state index contributed by atoms with van der Waals surface area (Å²) < 4.78 is 1.80. The number of thioether (sulfide) groups is 1. The quantitative estimate of drug-likeness (QED) is 0.639. The van der Waals surface area contributed by atoms with Crippen molar-refractivity contribution in [3.05, 3.63) is 58.5 Å². The lowest BCUT2D eigenvalue weighted by Crippen LogP contribution is -2.24. The normalized spacial score (nSPS) is 12.4. The number of pyridine rings is 2. The summed E-state index contributed by atoms with van der Waals surface area (Å²) in [5.41, 5.74) is 2.68. The molecule has 3 nitrogen and oxygen atoms in total. The summed E-state index contributed by atoms with van der Waals surface area (Å²) in [7, 11) is 0. The van der Waals surface area contributed by atoms with E-state index in [-0.39, 0.29) is 5.56 Å². The molecule has 0 atom stereocenters. The molecule has 0 amide bonds. The SMILES string of the molecule is CCCCc1cc2cccnc2n(/C(=C/C=C\CSC)CC)c1=O. The Bertz CT molecular complexity index is 790. The second-order valence-electron chi connectivity index (χ2n) is 5.72. The number of hydrogen-bond donors (Lipinski definition) is 0. The molecule has 0 radical (unpaired) electrons. The smallest absolute Gasteiger partial charge is 0.259 e. The average Bonchev–Trinajstić information content (AvgIpc) is 2.61. The molecule has 0 saturated heterocycles. The summed E-state index contributed by atoms with van der Waals surface area (Å²) in [5, 5.41) is 1.02. The van der Waals surface area contributed by atoms with Crippen LogP contribution in [0.5, 0.6) is 0 Å². The zero-order chi connectivity index (χ0) is 17.4. The highest BCUT2D eigenvalue weighted by molar-refractivity contribution is 7.98. The third-order valence-electron chi connectivity index (χ3n) is 3.97. The Kier molecular flexibility index (Phi) is 7.32. The molecule has 4 heteroatoms. The van der Waals surface area contributed by atoms with E-state index in [1.54, 1.807) is 22.5 Å². The minimum Gasteiger partial charge on any atom is -0.269 e. The highest BCUT2D eigenvalue weighted by Crippen LogP contribution is 2.18. The first kappa shape index (κ1) is 18.5. The van der Waals surface area contributed by atoms with Gasteiger partial charge in [-0.25, -0.2) is 4.98 Å². The zero-order valence-corrected chi connectivity index (χ0v) is 15.6. The average molecular weight is 343 g/mol. The Labute approximate surface area is 148 Å². The summed E-state index contributed by atoms with van der Waals surface area (Å²) >= 11 is 1.78. The lowest BCUT2D eigenvalue weighted by Gasteiger charge is -2.14. The second kappa shape index (κ2) is 9.48. The Morgan fingerprint density at radius 3 is 2.92 bits per heavy atom. The Morgan fingerprint density at radius 2 is 2.21 bits per heavy atom. The molecule has 0 bridgehead atoms. The van der Waals surface area contributed by atoms with Gasteiger partial charge in [0, 0.05) is 28.6 Å². The maximum absolute atomic E-state index is 13.0. The number of rotatable bonds is 8. The van der Waals surface area contributed by atoms with Gasteiger partial charge in [-0.3, -0.25) is 9.36 Å². The van der Waals surface area contributed by atoms with Crippen molar-refractivity contribution in [3.8, 4) is 0 Å². The number of unbranched alkanes of at least 4 members (excludes halogenated alkanes) is 1. The van der Waals surface area contributed by atoms with E-state index in [1.807, 2.05) is 30.4 Å². The first-order valence-electron chi connectivity index (χ1n) is 8.57. The van der Waals surface area contributed by atoms with Crippen LogP contribution in [0.2, 0.25) is 0 Å². The molecule has 24 heavy (non-hydrogen) atoms. The van der Waals surface area contributed by atoms with Crippen molar-refractivity contribution in [3.63, 3.8) is 0 Å². The summed E-state index contributed by atoms with van der Waals surface area (Å²) in [6.07, 6.45) is 13.7. The van der Waals surface area contributed by atoms with Crippen molar-refractivity contribution in [2.75, 3.05) is 12.0 Å².